The molecule has 0 aliphatic heterocycles. The van der Waals surface area contributed by atoms with E-state index in [1.165, 1.54) is 17.6 Å². The molecule has 2 aromatic rings. The van der Waals surface area contributed by atoms with Crippen LogP contribution >= 0.6 is 22.9 Å². The van der Waals surface area contributed by atoms with Crippen LogP contribution in [0.3, 0.4) is 0 Å². The molecule has 1 atom stereocenters. The highest BCUT2D eigenvalue weighted by Gasteiger charge is 2.18. The summed E-state index contributed by atoms with van der Waals surface area (Å²) in [5.74, 6) is 5.57. The second-order valence-corrected chi connectivity index (χ2v) is 7.45. The third-order valence-electron chi connectivity index (χ3n) is 2.69. The lowest BCUT2D eigenvalue weighted by Crippen LogP contribution is -2.28. The fourth-order valence-electron chi connectivity index (χ4n) is 1.76. The highest BCUT2D eigenvalue weighted by molar-refractivity contribution is 7.90. The average Bonchev–Trinajstić information content (AvgIpc) is 2.76. The molecule has 7 heteroatoms. The van der Waals surface area contributed by atoms with Crippen molar-refractivity contribution in [3.63, 3.8) is 0 Å². The number of thiophene rings is 1. The standard InChI is InChI=1S/C12H13ClN2O2S2/c1-19(16,17)9-4-2-3-8(7-9)11(15-14)12-10(13)5-6-18-12/h2-7,11,15H,14H2,1H3. The summed E-state index contributed by atoms with van der Waals surface area (Å²) in [5.41, 5.74) is 3.43. The van der Waals surface area contributed by atoms with Crippen molar-refractivity contribution in [2.75, 3.05) is 6.26 Å². The predicted molar refractivity (Wildman–Crippen MR) is 78.0 cm³/mol. The van der Waals surface area contributed by atoms with E-state index >= 15 is 0 Å². The van der Waals surface area contributed by atoms with Crippen LogP contribution in [-0.2, 0) is 9.84 Å². The van der Waals surface area contributed by atoms with Crippen molar-refractivity contribution in [2.45, 2.75) is 10.9 Å². The van der Waals surface area contributed by atoms with Gasteiger partial charge in [-0.05, 0) is 29.1 Å². The zero-order chi connectivity index (χ0) is 14.0. The highest BCUT2D eigenvalue weighted by atomic mass is 35.5. The first-order chi connectivity index (χ1) is 8.93. The fraction of sp³-hybridized carbons (Fsp3) is 0.167. The molecule has 0 amide bonds. The maximum absolute atomic E-state index is 11.6. The van der Waals surface area contributed by atoms with E-state index < -0.39 is 9.84 Å². The Morgan fingerprint density at radius 1 is 1.37 bits per heavy atom. The SMILES string of the molecule is CS(=O)(=O)c1cccc(C(NN)c2sccc2Cl)c1. The van der Waals surface area contributed by atoms with E-state index in [0.717, 1.165) is 10.4 Å². The monoisotopic (exact) mass is 316 g/mol. The molecule has 0 spiro atoms. The minimum Gasteiger partial charge on any atom is -0.271 e. The van der Waals surface area contributed by atoms with Gasteiger partial charge in [-0.3, -0.25) is 5.84 Å². The van der Waals surface area contributed by atoms with Crippen molar-refractivity contribution in [3.8, 4) is 0 Å². The van der Waals surface area contributed by atoms with Gasteiger partial charge in [0.1, 0.15) is 0 Å². The number of nitrogens with one attached hydrogen (secondary N) is 1. The van der Waals surface area contributed by atoms with Crippen molar-refractivity contribution >= 4 is 32.8 Å². The van der Waals surface area contributed by atoms with Crippen molar-refractivity contribution in [1.82, 2.24) is 5.43 Å². The fourth-order valence-corrected chi connectivity index (χ4v) is 3.69. The summed E-state index contributed by atoms with van der Waals surface area (Å²) < 4.78 is 23.1. The van der Waals surface area contributed by atoms with Crippen LogP contribution in [0.1, 0.15) is 16.5 Å². The van der Waals surface area contributed by atoms with Crippen LogP contribution in [0.4, 0.5) is 0 Å². The van der Waals surface area contributed by atoms with Gasteiger partial charge in [0.25, 0.3) is 0 Å². The molecule has 0 radical (unpaired) electrons. The van der Waals surface area contributed by atoms with Crippen molar-refractivity contribution in [3.05, 3.63) is 51.2 Å². The van der Waals surface area contributed by atoms with E-state index in [0.29, 0.717) is 5.02 Å². The summed E-state index contributed by atoms with van der Waals surface area (Å²) in [4.78, 5) is 1.12. The van der Waals surface area contributed by atoms with Gasteiger partial charge < -0.3 is 0 Å². The Labute approximate surface area is 121 Å². The van der Waals surface area contributed by atoms with E-state index in [2.05, 4.69) is 5.43 Å². The molecule has 3 N–H and O–H groups in total. The minimum atomic E-state index is -3.24. The number of nitrogens with two attached hydrogens (primary N) is 1. The number of rotatable bonds is 4. The molecular formula is C12H13ClN2O2S2. The quantitative estimate of drug-likeness (QED) is 0.671. The molecule has 0 aliphatic carbocycles. The van der Waals surface area contributed by atoms with Crippen molar-refractivity contribution in [1.29, 1.82) is 0 Å². The Morgan fingerprint density at radius 2 is 2.11 bits per heavy atom. The van der Waals surface area contributed by atoms with Crippen LogP contribution < -0.4 is 11.3 Å². The Morgan fingerprint density at radius 3 is 2.63 bits per heavy atom. The smallest absolute Gasteiger partial charge is 0.175 e. The van der Waals surface area contributed by atoms with Gasteiger partial charge in [-0.15, -0.1) is 11.3 Å². The second-order valence-electron chi connectivity index (χ2n) is 4.08. The van der Waals surface area contributed by atoms with Crippen molar-refractivity contribution < 1.29 is 8.42 Å². The summed E-state index contributed by atoms with van der Waals surface area (Å²) in [5, 5.41) is 2.47. The van der Waals surface area contributed by atoms with E-state index in [1.54, 1.807) is 24.3 Å². The van der Waals surface area contributed by atoms with E-state index in [9.17, 15) is 8.42 Å². The van der Waals surface area contributed by atoms with Gasteiger partial charge in [-0.2, -0.15) is 0 Å². The predicted octanol–water partition coefficient (Wildman–Crippen LogP) is 2.36. The third-order valence-corrected chi connectivity index (χ3v) is 5.23. The Balaban J connectivity index is 2.48. The maximum Gasteiger partial charge on any atom is 0.175 e. The Kier molecular flexibility index (Phi) is 4.27. The number of sulfone groups is 1. The van der Waals surface area contributed by atoms with E-state index in [4.69, 9.17) is 17.4 Å². The first kappa shape index (κ1) is 14.5. The molecule has 0 fully saturated rings. The first-order valence-electron chi connectivity index (χ1n) is 5.42. The molecule has 19 heavy (non-hydrogen) atoms. The summed E-state index contributed by atoms with van der Waals surface area (Å²) in [6.07, 6.45) is 1.18. The normalized spacial score (nSPS) is 13.4. The number of benzene rings is 1. The third kappa shape index (κ3) is 3.16. The molecule has 0 saturated heterocycles. The molecule has 1 unspecified atom stereocenters. The number of hydrazine groups is 1. The zero-order valence-corrected chi connectivity index (χ0v) is 12.5. The van der Waals surface area contributed by atoms with Crippen LogP contribution in [0, 0.1) is 0 Å². The molecule has 0 aliphatic rings. The van der Waals surface area contributed by atoms with E-state index in [1.807, 2.05) is 11.4 Å². The molecule has 1 aromatic carbocycles. The van der Waals surface area contributed by atoms with Crippen LogP contribution in [0.5, 0.6) is 0 Å². The van der Waals surface area contributed by atoms with Gasteiger partial charge >= 0.3 is 0 Å². The summed E-state index contributed by atoms with van der Waals surface area (Å²) in [7, 11) is -3.24. The highest BCUT2D eigenvalue weighted by Crippen LogP contribution is 2.33. The minimum absolute atomic E-state index is 0.262. The summed E-state index contributed by atoms with van der Waals surface area (Å²) in [6, 6.07) is 8.13. The Hall–Kier alpha value is -0.920. The molecule has 2 rings (SSSR count). The van der Waals surface area contributed by atoms with Crippen LogP contribution in [0.2, 0.25) is 5.02 Å². The largest absolute Gasteiger partial charge is 0.271 e. The van der Waals surface area contributed by atoms with Crippen LogP contribution in [-0.4, -0.2) is 14.7 Å². The molecule has 102 valence electrons. The topological polar surface area (TPSA) is 72.2 Å². The number of hydrogen-bond donors (Lipinski definition) is 2. The second kappa shape index (κ2) is 5.60. The van der Waals surface area contributed by atoms with Gasteiger partial charge in [0, 0.05) is 11.1 Å². The first-order valence-corrected chi connectivity index (χ1v) is 8.57. The number of hydrogen-bond acceptors (Lipinski definition) is 5. The van der Waals surface area contributed by atoms with Gasteiger partial charge in [-0.25, -0.2) is 13.8 Å². The zero-order valence-electron chi connectivity index (χ0n) is 10.1. The summed E-state index contributed by atoms with van der Waals surface area (Å²) in [6.45, 7) is 0. The van der Waals surface area contributed by atoms with Gasteiger partial charge in [0.2, 0.25) is 0 Å². The molecule has 0 bridgehead atoms. The molecule has 1 heterocycles. The maximum atomic E-state index is 11.6. The van der Waals surface area contributed by atoms with Crippen LogP contribution in [0.25, 0.3) is 0 Å². The van der Waals surface area contributed by atoms with Crippen LogP contribution in [0.15, 0.2) is 40.6 Å². The van der Waals surface area contributed by atoms with E-state index in [-0.39, 0.29) is 10.9 Å². The molecular weight excluding hydrogens is 304 g/mol. The van der Waals surface area contributed by atoms with Crippen molar-refractivity contribution in [2.24, 2.45) is 5.84 Å². The molecule has 1 aromatic heterocycles. The summed E-state index contributed by atoms with van der Waals surface area (Å²) >= 11 is 7.56. The van der Waals surface area contributed by atoms with Gasteiger partial charge in [0.15, 0.2) is 9.84 Å². The van der Waals surface area contributed by atoms with Gasteiger partial charge in [-0.1, -0.05) is 23.7 Å². The average molecular weight is 317 g/mol. The Bertz CT molecular complexity index is 683. The lowest BCUT2D eigenvalue weighted by molar-refractivity contribution is 0.600. The molecule has 4 nitrogen and oxygen atoms in total. The lowest BCUT2D eigenvalue weighted by atomic mass is 10.1. The van der Waals surface area contributed by atoms with Gasteiger partial charge in [0.05, 0.1) is 16.0 Å². The lowest BCUT2D eigenvalue weighted by Gasteiger charge is -2.16. The molecule has 0 saturated carbocycles. The number of halogens is 1.